The lowest BCUT2D eigenvalue weighted by atomic mass is 10.2. The summed E-state index contributed by atoms with van der Waals surface area (Å²) in [5, 5.41) is 9.42. The summed E-state index contributed by atoms with van der Waals surface area (Å²) in [4.78, 5) is 4.07. The highest BCUT2D eigenvalue weighted by Crippen LogP contribution is 2.15. The zero-order chi connectivity index (χ0) is 9.90. The van der Waals surface area contributed by atoms with Crippen LogP contribution in [0.25, 0.3) is 0 Å². The van der Waals surface area contributed by atoms with Crippen LogP contribution in [0, 0.1) is 6.92 Å². The van der Waals surface area contributed by atoms with Gasteiger partial charge in [-0.1, -0.05) is 0 Å². The van der Waals surface area contributed by atoms with Gasteiger partial charge in [0, 0.05) is 6.20 Å². The minimum atomic E-state index is -0.803. The maximum atomic E-state index is 9.42. The topological polar surface area (TPSA) is 42.4 Å². The molecular weight excluding hydrogens is 166 g/mol. The van der Waals surface area contributed by atoms with E-state index in [4.69, 9.17) is 4.74 Å². The average Bonchev–Trinajstić information content (AvgIpc) is 2.01. The number of rotatable bonds is 3. The summed E-state index contributed by atoms with van der Waals surface area (Å²) < 4.78 is 5.39. The van der Waals surface area contributed by atoms with E-state index in [2.05, 4.69) is 4.98 Å². The van der Waals surface area contributed by atoms with Gasteiger partial charge in [-0.3, -0.25) is 4.98 Å². The van der Waals surface area contributed by atoms with Crippen LogP contribution in [-0.4, -0.2) is 22.3 Å². The second-order valence-corrected chi connectivity index (χ2v) is 3.69. The molecule has 3 heteroatoms. The molecule has 3 nitrogen and oxygen atoms in total. The molecule has 0 unspecified atom stereocenters. The van der Waals surface area contributed by atoms with Gasteiger partial charge in [-0.05, 0) is 32.9 Å². The standard InChI is InChI=1S/C10H15NO2/c1-8-9(5-4-6-11-8)13-7-10(2,3)12/h4-6,12H,7H2,1-3H3. The molecule has 0 spiro atoms. The molecule has 0 bridgehead atoms. The van der Waals surface area contributed by atoms with Crippen molar-refractivity contribution in [3.05, 3.63) is 24.0 Å². The minimum absolute atomic E-state index is 0.277. The van der Waals surface area contributed by atoms with E-state index in [1.54, 1.807) is 20.0 Å². The molecule has 0 saturated carbocycles. The first-order valence-electron chi connectivity index (χ1n) is 4.26. The Labute approximate surface area is 78.4 Å². The number of aromatic nitrogens is 1. The Morgan fingerprint density at radius 3 is 2.77 bits per heavy atom. The Morgan fingerprint density at radius 1 is 1.54 bits per heavy atom. The van der Waals surface area contributed by atoms with Crippen molar-refractivity contribution in [2.45, 2.75) is 26.4 Å². The number of aryl methyl sites for hydroxylation is 1. The van der Waals surface area contributed by atoms with E-state index in [0.717, 1.165) is 11.4 Å². The van der Waals surface area contributed by atoms with Gasteiger partial charge in [0.25, 0.3) is 0 Å². The molecule has 0 atom stereocenters. The SMILES string of the molecule is Cc1ncccc1OCC(C)(C)O. The molecule has 0 fully saturated rings. The van der Waals surface area contributed by atoms with Gasteiger partial charge < -0.3 is 9.84 Å². The number of hydrogen-bond donors (Lipinski definition) is 1. The van der Waals surface area contributed by atoms with Crippen molar-refractivity contribution in [3.63, 3.8) is 0 Å². The Balaban J connectivity index is 2.60. The summed E-state index contributed by atoms with van der Waals surface area (Å²) in [5.74, 6) is 0.727. The van der Waals surface area contributed by atoms with Crippen LogP contribution >= 0.6 is 0 Å². The van der Waals surface area contributed by atoms with E-state index in [0.29, 0.717) is 0 Å². The van der Waals surface area contributed by atoms with Crippen molar-refractivity contribution >= 4 is 0 Å². The van der Waals surface area contributed by atoms with Crippen LogP contribution in [0.15, 0.2) is 18.3 Å². The van der Waals surface area contributed by atoms with Gasteiger partial charge in [-0.15, -0.1) is 0 Å². The summed E-state index contributed by atoms with van der Waals surface area (Å²) in [7, 11) is 0. The van der Waals surface area contributed by atoms with Crippen LogP contribution in [0.5, 0.6) is 5.75 Å². The maximum Gasteiger partial charge on any atom is 0.140 e. The zero-order valence-electron chi connectivity index (χ0n) is 8.24. The maximum absolute atomic E-state index is 9.42. The molecule has 0 aliphatic rings. The molecule has 1 rings (SSSR count). The van der Waals surface area contributed by atoms with Crippen molar-refractivity contribution in [2.24, 2.45) is 0 Å². The van der Waals surface area contributed by atoms with Gasteiger partial charge in [0.15, 0.2) is 0 Å². The molecule has 1 heterocycles. The van der Waals surface area contributed by atoms with E-state index < -0.39 is 5.60 Å². The Morgan fingerprint density at radius 2 is 2.23 bits per heavy atom. The summed E-state index contributed by atoms with van der Waals surface area (Å²) in [6.07, 6.45) is 1.71. The Bertz CT molecular complexity index is 278. The van der Waals surface area contributed by atoms with E-state index in [-0.39, 0.29) is 6.61 Å². The molecule has 0 amide bonds. The van der Waals surface area contributed by atoms with Crippen molar-refractivity contribution in [1.82, 2.24) is 4.98 Å². The molecule has 13 heavy (non-hydrogen) atoms. The summed E-state index contributed by atoms with van der Waals surface area (Å²) in [5.41, 5.74) is 0.0363. The van der Waals surface area contributed by atoms with Crippen LogP contribution in [0.3, 0.4) is 0 Å². The lowest BCUT2D eigenvalue weighted by molar-refractivity contribution is 0.0281. The van der Waals surface area contributed by atoms with Crippen LogP contribution in [-0.2, 0) is 0 Å². The van der Waals surface area contributed by atoms with Crippen molar-refractivity contribution in [3.8, 4) is 5.75 Å². The number of aliphatic hydroxyl groups is 1. The molecule has 1 aromatic heterocycles. The average molecular weight is 181 g/mol. The molecule has 1 N–H and O–H groups in total. The molecule has 0 saturated heterocycles. The quantitative estimate of drug-likeness (QED) is 0.769. The van der Waals surface area contributed by atoms with Crippen LogP contribution in [0.1, 0.15) is 19.5 Å². The third-order valence-electron chi connectivity index (χ3n) is 1.54. The lowest BCUT2D eigenvalue weighted by Crippen LogP contribution is -2.28. The highest BCUT2D eigenvalue weighted by molar-refractivity contribution is 5.25. The van der Waals surface area contributed by atoms with Crippen LogP contribution in [0.4, 0.5) is 0 Å². The largest absolute Gasteiger partial charge is 0.489 e. The minimum Gasteiger partial charge on any atom is -0.489 e. The first kappa shape index (κ1) is 9.99. The molecule has 0 aromatic carbocycles. The van der Waals surface area contributed by atoms with Crippen molar-refractivity contribution < 1.29 is 9.84 Å². The van der Waals surface area contributed by atoms with Crippen molar-refractivity contribution in [2.75, 3.05) is 6.61 Å². The van der Waals surface area contributed by atoms with Gasteiger partial charge in [0.1, 0.15) is 12.4 Å². The first-order chi connectivity index (χ1) is 5.99. The molecule has 72 valence electrons. The first-order valence-corrected chi connectivity index (χ1v) is 4.26. The molecule has 0 aliphatic carbocycles. The summed E-state index contributed by atoms with van der Waals surface area (Å²) in [6.45, 7) is 5.57. The highest BCUT2D eigenvalue weighted by atomic mass is 16.5. The van der Waals surface area contributed by atoms with E-state index in [1.807, 2.05) is 19.1 Å². The zero-order valence-corrected chi connectivity index (χ0v) is 8.24. The Hall–Kier alpha value is -1.09. The predicted octanol–water partition coefficient (Wildman–Crippen LogP) is 1.54. The number of hydrogen-bond acceptors (Lipinski definition) is 3. The predicted molar refractivity (Wildman–Crippen MR) is 50.8 cm³/mol. The molecular formula is C10H15NO2. The van der Waals surface area contributed by atoms with Crippen LogP contribution in [0.2, 0.25) is 0 Å². The second-order valence-electron chi connectivity index (χ2n) is 3.69. The number of nitrogens with zero attached hydrogens (tertiary/aromatic N) is 1. The monoisotopic (exact) mass is 181 g/mol. The molecule has 0 aliphatic heterocycles. The fourth-order valence-electron chi connectivity index (χ4n) is 0.876. The van der Waals surface area contributed by atoms with Gasteiger partial charge in [0.05, 0.1) is 11.3 Å². The molecule has 0 radical (unpaired) electrons. The summed E-state index contributed by atoms with van der Waals surface area (Å²) >= 11 is 0. The van der Waals surface area contributed by atoms with E-state index >= 15 is 0 Å². The van der Waals surface area contributed by atoms with E-state index in [1.165, 1.54) is 0 Å². The highest BCUT2D eigenvalue weighted by Gasteiger charge is 2.13. The third kappa shape index (κ3) is 3.42. The van der Waals surface area contributed by atoms with Gasteiger partial charge in [-0.25, -0.2) is 0 Å². The van der Waals surface area contributed by atoms with Gasteiger partial charge in [0.2, 0.25) is 0 Å². The van der Waals surface area contributed by atoms with Gasteiger partial charge in [-0.2, -0.15) is 0 Å². The number of pyridine rings is 1. The fraction of sp³-hybridized carbons (Fsp3) is 0.500. The Kier molecular flexibility index (Phi) is 2.88. The fourth-order valence-corrected chi connectivity index (χ4v) is 0.876. The van der Waals surface area contributed by atoms with Gasteiger partial charge >= 0.3 is 0 Å². The lowest BCUT2D eigenvalue weighted by Gasteiger charge is -2.18. The third-order valence-corrected chi connectivity index (χ3v) is 1.54. The van der Waals surface area contributed by atoms with Crippen LogP contribution < -0.4 is 4.74 Å². The summed E-state index contributed by atoms with van der Waals surface area (Å²) in [6, 6.07) is 3.65. The van der Waals surface area contributed by atoms with Crippen molar-refractivity contribution in [1.29, 1.82) is 0 Å². The second kappa shape index (κ2) is 3.75. The normalized spacial score (nSPS) is 11.4. The molecule has 1 aromatic rings. The smallest absolute Gasteiger partial charge is 0.140 e. The number of ether oxygens (including phenoxy) is 1. The van der Waals surface area contributed by atoms with E-state index in [9.17, 15) is 5.11 Å².